The number of piperazine rings is 1. The first-order chi connectivity index (χ1) is 21.2. The van der Waals surface area contributed by atoms with Crippen molar-refractivity contribution in [3.63, 3.8) is 0 Å². The third-order valence-corrected chi connectivity index (χ3v) is 9.99. The summed E-state index contributed by atoms with van der Waals surface area (Å²) in [6.45, 7) is 18.9. The smallest absolute Gasteiger partial charge is 0.410 e. The van der Waals surface area contributed by atoms with E-state index in [4.69, 9.17) is 14.5 Å². The van der Waals surface area contributed by atoms with Gasteiger partial charge in [0, 0.05) is 61.9 Å². The predicted octanol–water partition coefficient (Wildman–Crippen LogP) is 7.31. The summed E-state index contributed by atoms with van der Waals surface area (Å²) < 4.78 is 12.6. The van der Waals surface area contributed by atoms with Crippen molar-refractivity contribution in [2.24, 2.45) is 0 Å². The second kappa shape index (κ2) is 11.7. The van der Waals surface area contributed by atoms with Crippen LogP contribution in [0.3, 0.4) is 0 Å². The van der Waals surface area contributed by atoms with Crippen molar-refractivity contribution in [1.29, 1.82) is 0 Å². The molecule has 9 nitrogen and oxygen atoms in total. The lowest BCUT2D eigenvalue weighted by Crippen LogP contribution is -2.50. The zero-order valence-corrected chi connectivity index (χ0v) is 28.6. The number of ether oxygens (including phenoxy) is 2. The van der Waals surface area contributed by atoms with E-state index in [0.717, 1.165) is 74.4 Å². The number of nitrogens with zero attached hydrogens (tertiary/aromatic N) is 5. The van der Waals surface area contributed by atoms with Crippen molar-refractivity contribution in [1.82, 2.24) is 14.8 Å². The lowest BCUT2D eigenvalue weighted by atomic mass is 9.95. The van der Waals surface area contributed by atoms with Gasteiger partial charge in [0.1, 0.15) is 11.2 Å². The largest absolute Gasteiger partial charge is 0.444 e. The molecule has 1 aromatic carbocycles. The number of aromatic nitrogens is 1. The fourth-order valence-electron chi connectivity index (χ4n) is 6.85. The highest BCUT2D eigenvalue weighted by Crippen LogP contribution is 2.44. The van der Waals surface area contributed by atoms with Crippen LogP contribution in [0.15, 0.2) is 36.4 Å². The molecule has 1 unspecified atom stereocenters. The SMILES string of the molecule is Cc1cc2nc(-c3ccc(N4CCN(C(=O)OC(C)(C)C)CC4)cc3)cc(N3CCC4(CCCN4C(=O)OC(C)(C)C)C3)c2s1. The van der Waals surface area contributed by atoms with Crippen LogP contribution in [0.4, 0.5) is 21.0 Å². The van der Waals surface area contributed by atoms with E-state index in [1.165, 1.54) is 15.3 Å². The van der Waals surface area contributed by atoms with E-state index >= 15 is 0 Å². The molecular weight excluding hydrogens is 586 g/mol. The highest BCUT2D eigenvalue weighted by Gasteiger charge is 2.49. The maximum Gasteiger partial charge on any atom is 0.410 e. The molecule has 0 bridgehead atoms. The highest BCUT2D eigenvalue weighted by molar-refractivity contribution is 7.19. The second-order valence-corrected chi connectivity index (χ2v) is 16.0. The zero-order valence-electron chi connectivity index (χ0n) is 27.8. The quantitative estimate of drug-likeness (QED) is 0.299. The zero-order chi connectivity index (χ0) is 32.1. The van der Waals surface area contributed by atoms with Crippen LogP contribution in [0.1, 0.15) is 65.7 Å². The number of benzene rings is 1. The van der Waals surface area contributed by atoms with Crippen LogP contribution in [0, 0.1) is 6.92 Å². The van der Waals surface area contributed by atoms with Gasteiger partial charge in [-0.1, -0.05) is 12.1 Å². The minimum absolute atomic E-state index is 0.194. The molecule has 3 fully saturated rings. The molecule has 6 rings (SSSR count). The lowest BCUT2D eigenvalue weighted by molar-refractivity contribution is 0.0110. The molecule has 0 aliphatic carbocycles. The average molecular weight is 634 g/mol. The van der Waals surface area contributed by atoms with Crippen LogP contribution in [-0.2, 0) is 9.47 Å². The maximum atomic E-state index is 13.2. The first-order valence-corrected chi connectivity index (χ1v) is 17.0. The summed E-state index contributed by atoms with van der Waals surface area (Å²) in [5.74, 6) is 0. The predicted molar refractivity (Wildman–Crippen MR) is 182 cm³/mol. The van der Waals surface area contributed by atoms with Crippen molar-refractivity contribution < 1.29 is 19.1 Å². The van der Waals surface area contributed by atoms with Gasteiger partial charge >= 0.3 is 12.2 Å². The number of pyridine rings is 1. The van der Waals surface area contributed by atoms with Gasteiger partial charge in [0.05, 0.1) is 27.1 Å². The fourth-order valence-corrected chi connectivity index (χ4v) is 7.84. The van der Waals surface area contributed by atoms with Crippen molar-refractivity contribution in [2.75, 3.05) is 55.6 Å². The molecule has 1 atom stereocenters. The number of rotatable bonds is 3. The minimum atomic E-state index is -0.510. The van der Waals surface area contributed by atoms with Gasteiger partial charge in [-0.25, -0.2) is 14.6 Å². The Kier molecular flexibility index (Phi) is 8.16. The van der Waals surface area contributed by atoms with Crippen LogP contribution < -0.4 is 9.80 Å². The summed E-state index contributed by atoms with van der Waals surface area (Å²) in [6.07, 6.45) is 2.50. The Bertz CT molecular complexity index is 1570. The number of likely N-dealkylation sites (tertiary alicyclic amines) is 1. The van der Waals surface area contributed by atoms with Gasteiger partial charge in [0.25, 0.3) is 0 Å². The van der Waals surface area contributed by atoms with E-state index in [1.807, 2.05) is 46.4 Å². The number of carbonyl (C=O) groups is 2. The number of hydrogen-bond acceptors (Lipinski definition) is 8. The summed E-state index contributed by atoms with van der Waals surface area (Å²) in [4.78, 5) is 40.6. The van der Waals surface area contributed by atoms with E-state index in [-0.39, 0.29) is 17.7 Å². The van der Waals surface area contributed by atoms with E-state index in [2.05, 4.69) is 53.1 Å². The van der Waals surface area contributed by atoms with E-state index in [0.29, 0.717) is 13.1 Å². The molecule has 3 aliphatic rings. The van der Waals surface area contributed by atoms with E-state index in [9.17, 15) is 9.59 Å². The first kappa shape index (κ1) is 31.5. The Morgan fingerprint density at radius 2 is 1.49 bits per heavy atom. The number of fused-ring (bicyclic) bond motifs is 1. The number of anilines is 2. The number of amides is 2. The van der Waals surface area contributed by atoms with Crippen LogP contribution in [0.25, 0.3) is 21.5 Å². The Balaban J connectivity index is 1.20. The third kappa shape index (κ3) is 6.71. The van der Waals surface area contributed by atoms with Gasteiger partial charge in [-0.2, -0.15) is 0 Å². The monoisotopic (exact) mass is 633 g/mol. The van der Waals surface area contributed by atoms with Gasteiger partial charge < -0.3 is 29.1 Å². The molecule has 2 amide bonds. The summed E-state index contributed by atoms with van der Waals surface area (Å²) in [6, 6.07) is 13.0. The molecule has 2 aromatic heterocycles. The Labute approximate surface area is 271 Å². The molecule has 45 heavy (non-hydrogen) atoms. The summed E-state index contributed by atoms with van der Waals surface area (Å²) >= 11 is 1.79. The molecular formula is C35H47N5O4S. The number of carbonyl (C=O) groups excluding carboxylic acids is 2. The van der Waals surface area contributed by atoms with Crippen molar-refractivity contribution in [3.05, 3.63) is 41.3 Å². The average Bonchev–Trinajstić information content (AvgIpc) is 3.69. The Morgan fingerprint density at radius 3 is 2.16 bits per heavy atom. The van der Waals surface area contributed by atoms with Crippen molar-refractivity contribution in [3.8, 4) is 11.3 Å². The molecule has 0 radical (unpaired) electrons. The first-order valence-electron chi connectivity index (χ1n) is 16.2. The van der Waals surface area contributed by atoms with Gasteiger partial charge in [0.2, 0.25) is 0 Å². The lowest BCUT2D eigenvalue weighted by Gasteiger charge is -2.36. The summed E-state index contributed by atoms with van der Waals surface area (Å²) in [7, 11) is 0. The van der Waals surface area contributed by atoms with Crippen LogP contribution in [-0.4, -0.2) is 89.5 Å². The summed E-state index contributed by atoms with van der Waals surface area (Å²) in [5.41, 5.74) is 4.18. The van der Waals surface area contributed by atoms with Gasteiger partial charge in [-0.15, -0.1) is 11.3 Å². The normalized spacial score (nSPS) is 20.9. The molecule has 5 heterocycles. The van der Waals surface area contributed by atoms with Gasteiger partial charge in [-0.05, 0) is 92.0 Å². The van der Waals surface area contributed by atoms with E-state index < -0.39 is 11.2 Å². The van der Waals surface area contributed by atoms with E-state index in [1.54, 1.807) is 16.2 Å². The topological polar surface area (TPSA) is 78.5 Å². The number of hydrogen-bond donors (Lipinski definition) is 0. The van der Waals surface area contributed by atoms with Gasteiger partial charge in [-0.3, -0.25) is 0 Å². The number of aryl methyl sites for hydroxylation is 1. The minimum Gasteiger partial charge on any atom is -0.444 e. The molecule has 242 valence electrons. The maximum absolute atomic E-state index is 13.2. The van der Waals surface area contributed by atoms with Crippen LogP contribution in [0.2, 0.25) is 0 Å². The second-order valence-electron chi connectivity index (χ2n) is 14.7. The van der Waals surface area contributed by atoms with Gasteiger partial charge in [0.15, 0.2) is 0 Å². The molecule has 0 N–H and O–H groups in total. The van der Waals surface area contributed by atoms with Crippen molar-refractivity contribution >= 4 is 45.1 Å². The molecule has 3 aromatic rings. The van der Waals surface area contributed by atoms with Crippen LogP contribution in [0.5, 0.6) is 0 Å². The third-order valence-electron chi connectivity index (χ3n) is 8.93. The molecule has 0 saturated carbocycles. The summed E-state index contributed by atoms with van der Waals surface area (Å²) in [5, 5.41) is 0. The molecule has 1 spiro atoms. The standard InChI is InChI=1S/C35H47N5O4S/c1-24-21-28-30(45-24)29(39-16-14-35(23-39)13-8-15-40(35)32(42)44-34(5,6)7)22-27(36-28)25-9-11-26(12-10-25)37-17-19-38(20-18-37)31(41)43-33(2,3)4/h9-12,21-22H,8,13-20,23H2,1-7H3. The fraction of sp³-hybridized carbons (Fsp3) is 0.571. The highest BCUT2D eigenvalue weighted by atomic mass is 32.1. The van der Waals surface area contributed by atoms with Crippen LogP contribution >= 0.6 is 11.3 Å². The molecule has 3 aliphatic heterocycles. The Morgan fingerprint density at radius 1 is 0.822 bits per heavy atom. The molecule has 10 heteroatoms. The van der Waals surface area contributed by atoms with Crippen molar-refractivity contribution in [2.45, 2.75) is 84.5 Å². The Hall–Kier alpha value is -3.53. The molecule has 3 saturated heterocycles. The number of thiophene rings is 1.